The number of aryl methyl sites for hydroxylation is 3. The molecule has 1 N–H and O–H groups in total. The first-order chi connectivity index (χ1) is 8.99. The van der Waals surface area contributed by atoms with E-state index in [0.29, 0.717) is 12.4 Å². The van der Waals surface area contributed by atoms with Crippen molar-refractivity contribution in [3.63, 3.8) is 0 Å². The van der Waals surface area contributed by atoms with Crippen LogP contribution in [-0.4, -0.2) is 10.3 Å². The highest BCUT2D eigenvalue weighted by Crippen LogP contribution is 2.27. The number of hydrogen-bond donors (Lipinski definition) is 1. The van der Waals surface area contributed by atoms with E-state index in [0.717, 1.165) is 28.1 Å². The molecule has 0 saturated heterocycles. The maximum Gasteiger partial charge on any atom is 0.140 e. The van der Waals surface area contributed by atoms with Crippen LogP contribution in [0, 0.1) is 20.8 Å². The number of aliphatic hydroxyl groups is 1. The number of benzene rings is 1. The quantitative estimate of drug-likeness (QED) is 0.918. The molecule has 1 aromatic heterocycles. The maximum atomic E-state index is 9.78. The molecule has 19 heavy (non-hydrogen) atoms. The highest BCUT2D eigenvalue weighted by atomic mass is 16.5. The van der Waals surface area contributed by atoms with Crippen LogP contribution in [0.15, 0.2) is 22.7 Å². The molecule has 0 amide bonds. The molecule has 0 aliphatic heterocycles. The normalized spacial score (nSPS) is 12.5. The van der Waals surface area contributed by atoms with Gasteiger partial charge in [-0.15, -0.1) is 0 Å². The van der Waals surface area contributed by atoms with Crippen LogP contribution in [0.1, 0.15) is 41.2 Å². The third-order valence-corrected chi connectivity index (χ3v) is 3.17. The Balaban J connectivity index is 2.20. The van der Waals surface area contributed by atoms with E-state index in [4.69, 9.17) is 9.26 Å². The number of rotatable bonds is 4. The number of nitrogens with zero attached hydrogens (tertiary/aromatic N) is 1. The molecule has 4 nitrogen and oxygen atoms in total. The topological polar surface area (TPSA) is 55.5 Å². The minimum absolute atomic E-state index is 0.393. The van der Waals surface area contributed by atoms with E-state index < -0.39 is 6.10 Å². The van der Waals surface area contributed by atoms with Crippen molar-refractivity contribution < 1.29 is 14.4 Å². The number of hydrogen-bond acceptors (Lipinski definition) is 4. The minimum atomic E-state index is -0.556. The fourth-order valence-electron chi connectivity index (χ4n) is 1.98. The van der Waals surface area contributed by atoms with Gasteiger partial charge >= 0.3 is 0 Å². The van der Waals surface area contributed by atoms with Crippen molar-refractivity contribution in [3.8, 4) is 5.75 Å². The van der Waals surface area contributed by atoms with Gasteiger partial charge < -0.3 is 14.4 Å². The van der Waals surface area contributed by atoms with Gasteiger partial charge in [-0.3, -0.25) is 0 Å². The first-order valence-corrected chi connectivity index (χ1v) is 6.32. The number of aliphatic hydroxyl groups excluding tert-OH is 1. The van der Waals surface area contributed by atoms with Gasteiger partial charge in [0.15, 0.2) is 0 Å². The van der Waals surface area contributed by atoms with E-state index in [9.17, 15) is 5.11 Å². The first kappa shape index (κ1) is 13.6. The van der Waals surface area contributed by atoms with Crippen LogP contribution < -0.4 is 4.74 Å². The Labute approximate surface area is 113 Å². The van der Waals surface area contributed by atoms with Crippen molar-refractivity contribution in [1.82, 2.24) is 5.16 Å². The van der Waals surface area contributed by atoms with Gasteiger partial charge in [0.1, 0.15) is 18.1 Å². The zero-order valence-electron chi connectivity index (χ0n) is 11.7. The fourth-order valence-corrected chi connectivity index (χ4v) is 1.98. The van der Waals surface area contributed by atoms with Crippen LogP contribution >= 0.6 is 0 Å². The molecule has 0 saturated carbocycles. The van der Waals surface area contributed by atoms with Gasteiger partial charge in [-0.1, -0.05) is 16.8 Å². The summed E-state index contributed by atoms with van der Waals surface area (Å²) < 4.78 is 10.9. The van der Waals surface area contributed by atoms with Crippen LogP contribution in [0.4, 0.5) is 0 Å². The van der Waals surface area contributed by atoms with Gasteiger partial charge in [0.2, 0.25) is 0 Å². The Hall–Kier alpha value is -1.81. The molecule has 0 radical (unpaired) electrons. The summed E-state index contributed by atoms with van der Waals surface area (Å²) in [6, 6.07) is 5.79. The van der Waals surface area contributed by atoms with Crippen molar-refractivity contribution in [2.45, 2.75) is 40.4 Å². The van der Waals surface area contributed by atoms with E-state index >= 15 is 0 Å². The Morgan fingerprint density at radius 3 is 2.63 bits per heavy atom. The van der Waals surface area contributed by atoms with E-state index in [2.05, 4.69) is 5.16 Å². The summed E-state index contributed by atoms with van der Waals surface area (Å²) in [4.78, 5) is 0. The van der Waals surface area contributed by atoms with Crippen LogP contribution in [0.2, 0.25) is 0 Å². The smallest absolute Gasteiger partial charge is 0.140 e. The fraction of sp³-hybridized carbons (Fsp3) is 0.400. The summed E-state index contributed by atoms with van der Waals surface area (Å²) >= 11 is 0. The van der Waals surface area contributed by atoms with Crippen LogP contribution in [-0.2, 0) is 6.61 Å². The summed E-state index contributed by atoms with van der Waals surface area (Å²) in [5.41, 5.74) is 3.69. The zero-order valence-corrected chi connectivity index (χ0v) is 11.7. The molecule has 102 valence electrons. The highest BCUT2D eigenvalue weighted by molar-refractivity contribution is 5.38. The van der Waals surface area contributed by atoms with Crippen molar-refractivity contribution in [1.29, 1.82) is 0 Å². The molecule has 2 rings (SSSR count). The standard InChI is InChI=1S/C15H19NO3/c1-9-5-6-15(13(7-9)11(3)17)18-8-14-10(2)16-19-12(14)4/h5-7,11,17H,8H2,1-4H3. The van der Waals surface area contributed by atoms with Crippen molar-refractivity contribution in [2.75, 3.05) is 0 Å². The Bertz CT molecular complexity index is 553. The molecule has 4 heteroatoms. The molecule has 0 aliphatic carbocycles. The molecular formula is C15H19NO3. The van der Waals surface area contributed by atoms with Crippen LogP contribution in [0.5, 0.6) is 5.75 Å². The Morgan fingerprint density at radius 1 is 1.32 bits per heavy atom. The van der Waals surface area contributed by atoms with Gasteiger partial charge in [0.05, 0.1) is 17.4 Å². The average Bonchev–Trinajstić information content (AvgIpc) is 2.68. The third-order valence-electron chi connectivity index (χ3n) is 3.17. The lowest BCUT2D eigenvalue weighted by Gasteiger charge is -2.14. The molecule has 0 aliphatic rings. The molecular weight excluding hydrogens is 242 g/mol. The molecule has 1 heterocycles. The molecule has 0 spiro atoms. The van der Waals surface area contributed by atoms with E-state index in [1.165, 1.54) is 0 Å². The number of ether oxygens (including phenoxy) is 1. The maximum absolute atomic E-state index is 9.78. The van der Waals surface area contributed by atoms with E-state index in [-0.39, 0.29) is 0 Å². The summed E-state index contributed by atoms with van der Waals surface area (Å²) in [5.74, 6) is 1.46. The van der Waals surface area contributed by atoms with Gasteiger partial charge in [-0.25, -0.2) is 0 Å². The lowest BCUT2D eigenvalue weighted by molar-refractivity contribution is 0.190. The monoisotopic (exact) mass is 261 g/mol. The summed E-state index contributed by atoms with van der Waals surface area (Å²) in [5, 5.41) is 13.7. The molecule has 0 bridgehead atoms. The Morgan fingerprint density at radius 2 is 2.05 bits per heavy atom. The van der Waals surface area contributed by atoms with E-state index in [1.54, 1.807) is 6.92 Å². The summed E-state index contributed by atoms with van der Waals surface area (Å²) in [6.45, 7) is 7.87. The van der Waals surface area contributed by atoms with Gasteiger partial charge in [-0.05, 0) is 39.8 Å². The van der Waals surface area contributed by atoms with Crippen molar-refractivity contribution >= 4 is 0 Å². The molecule has 0 fully saturated rings. The van der Waals surface area contributed by atoms with E-state index in [1.807, 2.05) is 39.0 Å². The van der Waals surface area contributed by atoms with Crippen LogP contribution in [0.25, 0.3) is 0 Å². The minimum Gasteiger partial charge on any atom is -0.488 e. The predicted molar refractivity (Wildman–Crippen MR) is 72.1 cm³/mol. The second-order valence-electron chi connectivity index (χ2n) is 4.81. The zero-order chi connectivity index (χ0) is 14.0. The molecule has 2 aromatic rings. The lowest BCUT2D eigenvalue weighted by atomic mass is 10.1. The first-order valence-electron chi connectivity index (χ1n) is 6.32. The summed E-state index contributed by atoms with van der Waals surface area (Å²) in [7, 11) is 0. The van der Waals surface area contributed by atoms with Crippen molar-refractivity contribution in [3.05, 3.63) is 46.3 Å². The lowest BCUT2D eigenvalue weighted by Crippen LogP contribution is -2.02. The SMILES string of the molecule is Cc1ccc(OCc2c(C)noc2C)c(C(C)O)c1. The summed E-state index contributed by atoms with van der Waals surface area (Å²) in [6.07, 6.45) is -0.556. The van der Waals surface area contributed by atoms with Gasteiger partial charge in [-0.2, -0.15) is 0 Å². The Kier molecular flexibility index (Phi) is 3.90. The molecule has 1 unspecified atom stereocenters. The second kappa shape index (κ2) is 5.45. The van der Waals surface area contributed by atoms with Crippen LogP contribution in [0.3, 0.4) is 0 Å². The third kappa shape index (κ3) is 2.96. The predicted octanol–water partition coefficient (Wildman–Crippen LogP) is 3.23. The molecule has 1 atom stereocenters. The van der Waals surface area contributed by atoms with Gasteiger partial charge in [0.25, 0.3) is 0 Å². The van der Waals surface area contributed by atoms with Crippen molar-refractivity contribution in [2.24, 2.45) is 0 Å². The highest BCUT2D eigenvalue weighted by Gasteiger charge is 2.13. The number of aromatic nitrogens is 1. The second-order valence-corrected chi connectivity index (χ2v) is 4.81. The molecule has 1 aromatic carbocycles. The van der Waals surface area contributed by atoms with Gasteiger partial charge in [0, 0.05) is 5.56 Å². The average molecular weight is 261 g/mol. The largest absolute Gasteiger partial charge is 0.488 e.